The highest BCUT2D eigenvalue weighted by Crippen LogP contribution is 2.30. The van der Waals surface area contributed by atoms with Crippen molar-refractivity contribution in [3.05, 3.63) is 27.7 Å². The highest BCUT2D eigenvalue weighted by Gasteiger charge is 2.25. The van der Waals surface area contributed by atoms with Crippen molar-refractivity contribution in [2.24, 2.45) is 11.7 Å². The van der Waals surface area contributed by atoms with Gasteiger partial charge < -0.3 is 5.73 Å². The van der Waals surface area contributed by atoms with Gasteiger partial charge in [0.05, 0.1) is 5.02 Å². The smallest absolute Gasteiger partial charge is 0.244 e. The van der Waals surface area contributed by atoms with Crippen LogP contribution in [0.5, 0.6) is 0 Å². The molecule has 0 unspecified atom stereocenters. The van der Waals surface area contributed by atoms with Gasteiger partial charge in [-0.15, -0.1) is 0 Å². The number of sulfonamides is 1. The molecule has 108 valence electrons. The van der Waals surface area contributed by atoms with Crippen LogP contribution in [0.2, 0.25) is 10.0 Å². The Morgan fingerprint density at radius 1 is 1.26 bits per heavy atom. The molecule has 0 aliphatic rings. The van der Waals surface area contributed by atoms with Crippen molar-refractivity contribution < 1.29 is 8.42 Å². The van der Waals surface area contributed by atoms with Gasteiger partial charge in [-0.2, -0.15) is 0 Å². The third kappa shape index (κ3) is 3.83. The summed E-state index contributed by atoms with van der Waals surface area (Å²) < 4.78 is 26.1. The largest absolute Gasteiger partial charge is 0.326 e. The van der Waals surface area contributed by atoms with Crippen molar-refractivity contribution in [2.75, 3.05) is 13.6 Å². The summed E-state index contributed by atoms with van der Waals surface area (Å²) >= 11 is 11.9. The number of hydrogen-bond acceptors (Lipinski definition) is 3. The van der Waals surface area contributed by atoms with E-state index in [-0.39, 0.29) is 22.4 Å². The fraction of sp³-hybridized carbons (Fsp3) is 0.500. The Labute approximate surface area is 124 Å². The van der Waals surface area contributed by atoms with Gasteiger partial charge in [-0.3, -0.25) is 0 Å². The van der Waals surface area contributed by atoms with Crippen LogP contribution in [0.4, 0.5) is 0 Å². The van der Waals surface area contributed by atoms with Crippen LogP contribution in [-0.2, 0) is 16.6 Å². The fourth-order valence-electron chi connectivity index (χ4n) is 1.71. The van der Waals surface area contributed by atoms with Crippen LogP contribution in [0.1, 0.15) is 19.4 Å². The predicted molar refractivity (Wildman–Crippen MR) is 79.0 cm³/mol. The summed E-state index contributed by atoms with van der Waals surface area (Å²) in [7, 11) is -2.10. The average Bonchev–Trinajstić information content (AvgIpc) is 2.27. The first-order valence-corrected chi connectivity index (χ1v) is 8.04. The number of rotatable bonds is 5. The van der Waals surface area contributed by atoms with E-state index in [9.17, 15) is 8.42 Å². The summed E-state index contributed by atoms with van der Waals surface area (Å²) in [5, 5.41) is 0.482. The highest BCUT2D eigenvalue weighted by molar-refractivity contribution is 7.89. The maximum Gasteiger partial charge on any atom is 0.244 e. The Bertz CT molecular complexity index is 559. The molecule has 0 aromatic heterocycles. The van der Waals surface area contributed by atoms with Crippen LogP contribution in [-0.4, -0.2) is 26.3 Å². The van der Waals surface area contributed by atoms with Crippen molar-refractivity contribution in [2.45, 2.75) is 25.3 Å². The first-order chi connectivity index (χ1) is 8.70. The van der Waals surface area contributed by atoms with E-state index in [1.165, 1.54) is 23.5 Å². The van der Waals surface area contributed by atoms with Crippen LogP contribution < -0.4 is 5.73 Å². The lowest BCUT2D eigenvalue weighted by Crippen LogP contribution is -2.30. The Morgan fingerprint density at radius 2 is 1.84 bits per heavy atom. The van der Waals surface area contributed by atoms with E-state index < -0.39 is 10.0 Å². The molecule has 0 saturated carbocycles. The van der Waals surface area contributed by atoms with E-state index in [0.29, 0.717) is 17.1 Å². The zero-order valence-corrected chi connectivity index (χ0v) is 13.5. The number of benzene rings is 1. The van der Waals surface area contributed by atoms with Gasteiger partial charge in [0.15, 0.2) is 0 Å². The van der Waals surface area contributed by atoms with Crippen LogP contribution in [0.3, 0.4) is 0 Å². The highest BCUT2D eigenvalue weighted by atomic mass is 35.5. The quantitative estimate of drug-likeness (QED) is 0.905. The van der Waals surface area contributed by atoms with E-state index in [1.54, 1.807) is 0 Å². The van der Waals surface area contributed by atoms with Crippen molar-refractivity contribution in [1.82, 2.24) is 4.31 Å². The van der Waals surface area contributed by atoms with E-state index in [2.05, 4.69) is 0 Å². The van der Waals surface area contributed by atoms with Gasteiger partial charge in [0.2, 0.25) is 10.0 Å². The van der Waals surface area contributed by atoms with Gasteiger partial charge in [-0.1, -0.05) is 37.0 Å². The number of halogens is 2. The van der Waals surface area contributed by atoms with Gasteiger partial charge in [0.25, 0.3) is 0 Å². The summed E-state index contributed by atoms with van der Waals surface area (Å²) in [4.78, 5) is 0.0437. The zero-order valence-electron chi connectivity index (χ0n) is 11.2. The lowest BCUT2D eigenvalue weighted by Gasteiger charge is -2.20. The summed E-state index contributed by atoms with van der Waals surface area (Å²) in [6.45, 7) is 4.47. The molecule has 4 nitrogen and oxygen atoms in total. The molecule has 1 aromatic rings. The molecule has 0 aliphatic carbocycles. The Morgan fingerprint density at radius 3 is 2.32 bits per heavy atom. The SMILES string of the molecule is CC(C)CN(C)S(=O)(=O)c1cc(CN)c(Cl)cc1Cl. The number of nitrogens with two attached hydrogens (primary N) is 1. The van der Waals surface area contributed by atoms with Crippen LogP contribution in [0.25, 0.3) is 0 Å². The van der Waals surface area contributed by atoms with Crippen LogP contribution >= 0.6 is 23.2 Å². The third-order valence-corrected chi connectivity index (χ3v) is 5.27. The standard InChI is InChI=1S/C12H18Cl2N2O2S/c1-8(2)7-16(3)19(17,18)12-4-9(6-15)10(13)5-11(12)14/h4-5,8H,6-7,15H2,1-3H3. The first-order valence-electron chi connectivity index (χ1n) is 5.84. The monoisotopic (exact) mass is 324 g/mol. The molecule has 0 atom stereocenters. The number of hydrogen-bond donors (Lipinski definition) is 1. The Kier molecular flexibility index (Phi) is 5.65. The third-order valence-electron chi connectivity index (χ3n) is 2.63. The molecule has 0 aliphatic heterocycles. The molecule has 1 aromatic carbocycles. The molecule has 0 fully saturated rings. The molecule has 0 amide bonds. The molecule has 0 heterocycles. The maximum atomic E-state index is 12.4. The van der Waals surface area contributed by atoms with Gasteiger partial charge in [-0.05, 0) is 23.6 Å². The van der Waals surface area contributed by atoms with E-state index in [0.717, 1.165) is 0 Å². The van der Waals surface area contributed by atoms with Crippen LogP contribution in [0, 0.1) is 5.92 Å². The number of nitrogens with zero attached hydrogens (tertiary/aromatic N) is 1. The Balaban J connectivity index is 3.28. The zero-order chi connectivity index (χ0) is 14.8. The molecule has 1 rings (SSSR count). The molecule has 0 saturated heterocycles. The van der Waals surface area contributed by atoms with E-state index >= 15 is 0 Å². The molecule has 0 bridgehead atoms. The summed E-state index contributed by atoms with van der Waals surface area (Å²) in [6, 6.07) is 2.86. The lowest BCUT2D eigenvalue weighted by atomic mass is 10.2. The minimum Gasteiger partial charge on any atom is -0.326 e. The predicted octanol–water partition coefficient (Wildman–Crippen LogP) is 2.73. The molecular weight excluding hydrogens is 307 g/mol. The van der Waals surface area contributed by atoms with Gasteiger partial charge in [0, 0.05) is 25.2 Å². The first kappa shape index (κ1) is 16.7. The topological polar surface area (TPSA) is 63.4 Å². The van der Waals surface area contributed by atoms with E-state index in [1.807, 2.05) is 13.8 Å². The molecule has 7 heteroatoms. The minimum absolute atomic E-state index is 0.0437. The van der Waals surface area contributed by atoms with E-state index in [4.69, 9.17) is 28.9 Å². The lowest BCUT2D eigenvalue weighted by molar-refractivity contribution is 0.417. The fourth-order valence-corrected chi connectivity index (χ4v) is 3.89. The maximum absolute atomic E-state index is 12.4. The molecular formula is C12H18Cl2N2O2S. The summed E-state index contributed by atoms with van der Waals surface area (Å²) in [5.74, 6) is 0.222. The van der Waals surface area contributed by atoms with Gasteiger partial charge in [0.1, 0.15) is 4.90 Å². The molecule has 0 spiro atoms. The second kappa shape index (κ2) is 6.41. The van der Waals surface area contributed by atoms with Crippen molar-refractivity contribution >= 4 is 33.2 Å². The molecule has 19 heavy (non-hydrogen) atoms. The summed E-state index contributed by atoms with van der Waals surface area (Å²) in [6.07, 6.45) is 0. The molecule has 0 radical (unpaired) electrons. The van der Waals surface area contributed by atoms with Crippen molar-refractivity contribution in [3.8, 4) is 0 Å². The second-order valence-corrected chi connectivity index (χ2v) is 7.59. The average molecular weight is 325 g/mol. The van der Waals surface area contributed by atoms with Crippen molar-refractivity contribution in [3.63, 3.8) is 0 Å². The van der Waals surface area contributed by atoms with Gasteiger partial charge in [-0.25, -0.2) is 12.7 Å². The second-order valence-electron chi connectivity index (χ2n) is 4.76. The molecule has 2 N–H and O–H groups in total. The van der Waals surface area contributed by atoms with Crippen LogP contribution in [0.15, 0.2) is 17.0 Å². The summed E-state index contributed by atoms with van der Waals surface area (Å²) in [5.41, 5.74) is 6.09. The van der Waals surface area contributed by atoms with Gasteiger partial charge >= 0.3 is 0 Å². The normalized spacial score (nSPS) is 12.4. The Hall–Kier alpha value is -0.330. The van der Waals surface area contributed by atoms with Crippen molar-refractivity contribution in [1.29, 1.82) is 0 Å². The minimum atomic E-state index is -3.63.